The predicted octanol–water partition coefficient (Wildman–Crippen LogP) is -0.653. The van der Waals surface area contributed by atoms with E-state index < -0.39 is 21.7 Å². The van der Waals surface area contributed by atoms with Gasteiger partial charge >= 0.3 is 10.2 Å². The van der Waals surface area contributed by atoms with Crippen molar-refractivity contribution in [3.63, 3.8) is 0 Å². The number of nitrogens with one attached hydrogen (secondary N) is 1. The van der Waals surface area contributed by atoms with E-state index in [4.69, 9.17) is 5.73 Å². The summed E-state index contributed by atoms with van der Waals surface area (Å²) in [6.45, 7) is 4.48. The molecule has 1 aliphatic carbocycles. The van der Waals surface area contributed by atoms with Gasteiger partial charge in [0.15, 0.2) is 0 Å². The molecule has 17 heavy (non-hydrogen) atoms. The largest absolute Gasteiger partial charge is 0.317 e. The number of carbonyl (C=O) groups is 1. The summed E-state index contributed by atoms with van der Waals surface area (Å²) >= 11 is 0. The van der Waals surface area contributed by atoms with Crippen LogP contribution >= 0.6 is 0 Å². The number of nitrogens with two attached hydrogens (primary N) is 1. The highest BCUT2D eigenvalue weighted by Gasteiger charge is 2.56. The van der Waals surface area contributed by atoms with Gasteiger partial charge in [0.1, 0.15) is 5.54 Å². The number of rotatable bonds is 4. The van der Waals surface area contributed by atoms with Crippen LogP contribution in [0.2, 0.25) is 0 Å². The van der Waals surface area contributed by atoms with Crippen LogP contribution in [0.15, 0.2) is 12.7 Å². The SMILES string of the molecule is C=CC1CC1(N)C(=O)NS(=O)(=O)N1CCCC1. The van der Waals surface area contributed by atoms with Crippen molar-refractivity contribution in [1.82, 2.24) is 9.03 Å². The van der Waals surface area contributed by atoms with E-state index in [0.717, 1.165) is 12.8 Å². The van der Waals surface area contributed by atoms with Gasteiger partial charge in [0.25, 0.3) is 5.91 Å². The fourth-order valence-electron chi connectivity index (χ4n) is 2.06. The van der Waals surface area contributed by atoms with Gasteiger partial charge in [-0.2, -0.15) is 12.7 Å². The summed E-state index contributed by atoms with van der Waals surface area (Å²) in [5.41, 5.74) is 4.70. The lowest BCUT2D eigenvalue weighted by Crippen LogP contribution is -2.50. The topological polar surface area (TPSA) is 92.5 Å². The Hall–Kier alpha value is -0.920. The molecule has 0 radical (unpaired) electrons. The average Bonchev–Trinajstić information content (AvgIpc) is 2.72. The first-order chi connectivity index (χ1) is 7.90. The molecular formula is C10H17N3O3S. The maximum Gasteiger partial charge on any atom is 0.303 e. The Morgan fingerprint density at radius 1 is 1.47 bits per heavy atom. The number of hydrogen-bond donors (Lipinski definition) is 2. The van der Waals surface area contributed by atoms with Crippen molar-refractivity contribution in [2.24, 2.45) is 11.7 Å². The van der Waals surface area contributed by atoms with Gasteiger partial charge in [-0.3, -0.25) is 4.79 Å². The molecule has 2 rings (SSSR count). The standard InChI is InChI=1S/C10H17N3O3S/c1-2-8-7-10(8,11)9(14)12-17(15,16)13-5-3-4-6-13/h2,8H,1,3-7,11H2,(H,12,14). The maximum absolute atomic E-state index is 11.8. The van der Waals surface area contributed by atoms with E-state index in [1.807, 2.05) is 0 Å². The zero-order valence-corrected chi connectivity index (χ0v) is 10.4. The number of hydrogen-bond acceptors (Lipinski definition) is 4. The Labute approximate surface area is 101 Å². The molecule has 2 fully saturated rings. The smallest absolute Gasteiger partial charge is 0.303 e. The Morgan fingerprint density at radius 2 is 2.06 bits per heavy atom. The van der Waals surface area contributed by atoms with Crippen molar-refractivity contribution < 1.29 is 13.2 Å². The minimum atomic E-state index is -3.71. The summed E-state index contributed by atoms with van der Waals surface area (Å²) in [7, 11) is -3.71. The Kier molecular flexibility index (Phi) is 3.01. The van der Waals surface area contributed by atoms with Crippen LogP contribution in [-0.2, 0) is 15.0 Å². The van der Waals surface area contributed by atoms with Crippen LogP contribution in [0.5, 0.6) is 0 Å². The summed E-state index contributed by atoms with van der Waals surface area (Å²) in [6, 6.07) is 0. The second kappa shape index (κ2) is 4.08. The predicted molar refractivity (Wildman–Crippen MR) is 63.1 cm³/mol. The first kappa shape index (κ1) is 12.5. The molecule has 1 amide bonds. The van der Waals surface area contributed by atoms with E-state index in [2.05, 4.69) is 11.3 Å². The summed E-state index contributed by atoms with van der Waals surface area (Å²) in [6.07, 6.45) is 3.70. The van der Waals surface area contributed by atoms with E-state index in [1.165, 1.54) is 4.31 Å². The molecule has 1 saturated heterocycles. The van der Waals surface area contributed by atoms with Gasteiger partial charge in [-0.15, -0.1) is 6.58 Å². The van der Waals surface area contributed by atoms with Crippen LogP contribution in [-0.4, -0.2) is 37.3 Å². The Morgan fingerprint density at radius 3 is 2.53 bits per heavy atom. The van der Waals surface area contributed by atoms with E-state index in [9.17, 15) is 13.2 Å². The monoisotopic (exact) mass is 259 g/mol. The molecule has 1 heterocycles. The molecule has 1 saturated carbocycles. The summed E-state index contributed by atoms with van der Waals surface area (Å²) in [5.74, 6) is -0.759. The molecule has 2 aliphatic rings. The van der Waals surface area contributed by atoms with Crippen LogP contribution in [0.25, 0.3) is 0 Å². The summed E-state index contributed by atoms with van der Waals surface area (Å²) in [5, 5.41) is 0. The normalized spacial score (nSPS) is 33.4. The highest BCUT2D eigenvalue weighted by atomic mass is 32.2. The maximum atomic E-state index is 11.8. The third-order valence-corrected chi connectivity index (χ3v) is 4.88. The van der Waals surface area contributed by atoms with Crippen molar-refractivity contribution in [2.75, 3.05) is 13.1 Å². The molecule has 0 aromatic heterocycles. The number of nitrogens with zero attached hydrogens (tertiary/aromatic N) is 1. The molecule has 3 N–H and O–H groups in total. The zero-order valence-electron chi connectivity index (χ0n) is 9.55. The second-order valence-corrected chi connectivity index (χ2v) is 6.30. The fourth-order valence-corrected chi connectivity index (χ4v) is 3.36. The van der Waals surface area contributed by atoms with Crippen LogP contribution in [0.1, 0.15) is 19.3 Å². The van der Waals surface area contributed by atoms with Gasteiger partial charge in [-0.1, -0.05) is 6.08 Å². The van der Waals surface area contributed by atoms with E-state index >= 15 is 0 Å². The molecule has 6 nitrogen and oxygen atoms in total. The number of amides is 1. The highest BCUT2D eigenvalue weighted by Crippen LogP contribution is 2.42. The van der Waals surface area contributed by atoms with E-state index in [0.29, 0.717) is 19.5 Å². The van der Waals surface area contributed by atoms with Gasteiger partial charge in [0.2, 0.25) is 0 Å². The molecule has 0 bridgehead atoms. The molecule has 2 unspecified atom stereocenters. The third kappa shape index (κ3) is 2.22. The Bertz CT molecular complexity index is 442. The van der Waals surface area contributed by atoms with Gasteiger partial charge in [-0.05, 0) is 19.3 Å². The minimum Gasteiger partial charge on any atom is -0.317 e. The van der Waals surface area contributed by atoms with Crippen molar-refractivity contribution in [2.45, 2.75) is 24.8 Å². The summed E-state index contributed by atoms with van der Waals surface area (Å²) in [4.78, 5) is 11.8. The summed E-state index contributed by atoms with van der Waals surface area (Å²) < 4.78 is 27.0. The van der Waals surface area contributed by atoms with Crippen LogP contribution in [0.4, 0.5) is 0 Å². The first-order valence-electron chi connectivity index (χ1n) is 5.64. The number of carbonyl (C=O) groups excluding carboxylic acids is 1. The first-order valence-corrected chi connectivity index (χ1v) is 7.08. The quantitative estimate of drug-likeness (QED) is 0.656. The lowest BCUT2D eigenvalue weighted by Gasteiger charge is -2.18. The molecule has 0 spiro atoms. The van der Waals surface area contributed by atoms with Gasteiger partial charge in [-0.25, -0.2) is 4.72 Å². The average molecular weight is 259 g/mol. The van der Waals surface area contributed by atoms with Gasteiger partial charge in [0, 0.05) is 19.0 Å². The third-order valence-electron chi connectivity index (χ3n) is 3.39. The van der Waals surface area contributed by atoms with Crippen LogP contribution < -0.4 is 10.5 Å². The van der Waals surface area contributed by atoms with Crippen molar-refractivity contribution in [3.05, 3.63) is 12.7 Å². The van der Waals surface area contributed by atoms with E-state index in [-0.39, 0.29) is 5.92 Å². The lowest BCUT2D eigenvalue weighted by molar-refractivity contribution is -0.121. The van der Waals surface area contributed by atoms with Gasteiger partial charge in [0.05, 0.1) is 0 Å². The zero-order chi connectivity index (χ0) is 12.7. The van der Waals surface area contributed by atoms with E-state index in [1.54, 1.807) is 6.08 Å². The van der Waals surface area contributed by atoms with Crippen molar-refractivity contribution in [3.8, 4) is 0 Å². The molecule has 96 valence electrons. The molecular weight excluding hydrogens is 242 g/mol. The van der Waals surface area contributed by atoms with Gasteiger partial charge < -0.3 is 5.73 Å². The van der Waals surface area contributed by atoms with Crippen molar-refractivity contribution >= 4 is 16.1 Å². The molecule has 0 aromatic carbocycles. The fraction of sp³-hybridized carbons (Fsp3) is 0.700. The van der Waals surface area contributed by atoms with Crippen molar-refractivity contribution in [1.29, 1.82) is 0 Å². The molecule has 1 aliphatic heterocycles. The second-order valence-electron chi connectivity index (χ2n) is 4.63. The molecule has 2 atom stereocenters. The van der Waals surface area contributed by atoms with Crippen LogP contribution in [0, 0.1) is 5.92 Å². The Balaban J connectivity index is 2.01. The molecule has 0 aromatic rings. The highest BCUT2D eigenvalue weighted by molar-refractivity contribution is 7.87. The minimum absolute atomic E-state index is 0.128. The lowest BCUT2D eigenvalue weighted by atomic mass is 10.2. The van der Waals surface area contributed by atoms with Crippen LogP contribution in [0.3, 0.4) is 0 Å². The molecule has 7 heteroatoms.